The molecule has 0 radical (unpaired) electrons. The lowest BCUT2D eigenvalue weighted by molar-refractivity contribution is -0.122. The van der Waals surface area contributed by atoms with Gasteiger partial charge in [-0.3, -0.25) is 9.59 Å². The minimum absolute atomic E-state index is 0.0392. The number of methoxy groups -OCH3 is 1. The monoisotopic (exact) mass is 490 g/mol. The van der Waals surface area contributed by atoms with E-state index in [1.54, 1.807) is 24.1 Å². The summed E-state index contributed by atoms with van der Waals surface area (Å²) in [7, 11) is -0.974. The number of hydrogen-bond donors (Lipinski definition) is 2. The van der Waals surface area contributed by atoms with Gasteiger partial charge in [-0.25, -0.2) is 23.3 Å². The number of carbonyl (C=O) groups is 3. The summed E-state index contributed by atoms with van der Waals surface area (Å²) >= 11 is 5.37. The smallest absolute Gasteiger partial charge is 0.337 e. The molecule has 12 heteroatoms. The van der Waals surface area contributed by atoms with Gasteiger partial charge >= 0.3 is 5.97 Å². The SMILES string of the molecule is CNC(=S)N(Cc1ccc(S(N)(=O)=O)cc1)C1CC(=O)N(c2ccc(C(=O)OC)cc2)C1=O. The highest BCUT2D eigenvalue weighted by molar-refractivity contribution is 7.89. The topological polar surface area (TPSA) is 139 Å². The number of nitrogens with two attached hydrogens (primary N) is 1. The van der Waals surface area contributed by atoms with Crippen molar-refractivity contribution in [1.82, 2.24) is 10.2 Å². The molecule has 3 rings (SSSR count). The van der Waals surface area contributed by atoms with Crippen molar-refractivity contribution in [2.24, 2.45) is 5.14 Å². The molecule has 0 aromatic heterocycles. The van der Waals surface area contributed by atoms with Gasteiger partial charge in [0.1, 0.15) is 6.04 Å². The summed E-state index contributed by atoms with van der Waals surface area (Å²) in [6.45, 7) is 0.156. The largest absolute Gasteiger partial charge is 0.465 e. The molecule has 2 aromatic carbocycles. The summed E-state index contributed by atoms with van der Waals surface area (Å²) in [5.74, 6) is -1.41. The Kier molecular flexibility index (Phi) is 7.10. The molecule has 1 saturated heterocycles. The van der Waals surface area contributed by atoms with E-state index in [0.29, 0.717) is 11.3 Å². The van der Waals surface area contributed by atoms with E-state index in [1.807, 2.05) is 0 Å². The third-order valence-electron chi connectivity index (χ3n) is 5.13. The zero-order valence-electron chi connectivity index (χ0n) is 17.8. The Morgan fingerprint density at radius 3 is 2.30 bits per heavy atom. The van der Waals surface area contributed by atoms with Crippen LogP contribution in [0, 0.1) is 0 Å². The highest BCUT2D eigenvalue weighted by Gasteiger charge is 2.43. The number of anilines is 1. The van der Waals surface area contributed by atoms with Crippen LogP contribution in [0.3, 0.4) is 0 Å². The molecule has 2 amide bonds. The van der Waals surface area contributed by atoms with Gasteiger partial charge in [-0.05, 0) is 54.2 Å². The quantitative estimate of drug-likeness (QED) is 0.341. The molecule has 1 fully saturated rings. The zero-order chi connectivity index (χ0) is 24.3. The van der Waals surface area contributed by atoms with Crippen LogP contribution in [0.15, 0.2) is 53.4 Å². The third-order valence-corrected chi connectivity index (χ3v) is 6.49. The highest BCUT2D eigenvalue weighted by Crippen LogP contribution is 2.27. The second-order valence-electron chi connectivity index (χ2n) is 7.20. The van der Waals surface area contributed by atoms with Crippen LogP contribution in [-0.4, -0.2) is 56.4 Å². The van der Waals surface area contributed by atoms with Gasteiger partial charge < -0.3 is 15.0 Å². The first-order chi connectivity index (χ1) is 15.6. The number of benzene rings is 2. The van der Waals surface area contributed by atoms with Crippen molar-refractivity contribution in [2.75, 3.05) is 19.1 Å². The first kappa shape index (κ1) is 24.3. The van der Waals surface area contributed by atoms with Crippen LogP contribution in [0.5, 0.6) is 0 Å². The molecule has 1 unspecified atom stereocenters. The Balaban J connectivity index is 1.85. The van der Waals surface area contributed by atoms with Gasteiger partial charge in [0.15, 0.2) is 5.11 Å². The highest BCUT2D eigenvalue weighted by atomic mass is 32.2. The van der Waals surface area contributed by atoms with E-state index in [1.165, 1.54) is 43.5 Å². The van der Waals surface area contributed by atoms with Crippen LogP contribution in [0.1, 0.15) is 22.3 Å². The molecule has 1 atom stereocenters. The van der Waals surface area contributed by atoms with Gasteiger partial charge in [0.2, 0.25) is 15.9 Å². The summed E-state index contributed by atoms with van der Waals surface area (Å²) in [5, 5.41) is 8.20. The molecule has 10 nitrogen and oxygen atoms in total. The first-order valence-corrected chi connectivity index (χ1v) is 11.7. The minimum atomic E-state index is -3.84. The molecule has 3 N–H and O–H groups in total. The fourth-order valence-corrected chi connectivity index (χ4v) is 4.15. The Hall–Kier alpha value is -3.35. The second kappa shape index (κ2) is 9.65. The lowest BCUT2D eigenvalue weighted by atomic mass is 10.1. The van der Waals surface area contributed by atoms with Gasteiger partial charge in [0.25, 0.3) is 5.91 Å². The van der Waals surface area contributed by atoms with Gasteiger partial charge in [-0.15, -0.1) is 0 Å². The fraction of sp³-hybridized carbons (Fsp3) is 0.238. The number of ether oxygens (including phenoxy) is 1. The molecule has 33 heavy (non-hydrogen) atoms. The fourth-order valence-electron chi connectivity index (χ4n) is 3.44. The molecule has 0 saturated carbocycles. The van der Waals surface area contributed by atoms with Gasteiger partial charge in [0, 0.05) is 13.6 Å². The summed E-state index contributed by atoms with van der Waals surface area (Å²) < 4.78 is 27.6. The molecule has 0 bridgehead atoms. The maximum atomic E-state index is 13.2. The van der Waals surface area contributed by atoms with Crippen molar-refractivity contribution >= 4 is 50.8 Å². The van der Waals surface area contributed by atoms with Crippen LogP contribution in [-0.2, 0) is 30.9 Å². The van der Waals surface area contributed by atoms with Crippen LogP contribution >= 0.6 is 12.2 Å². The van der Waals surface area contributed by atoms with E-state index in [0.717, 1.165) is 4.90 Å². The molecule has 1 aliphatic rings. The predicted molar refractivity (Wildman–Crippen MR) is 124 cm³/mol. The number of rotatable bonds is 6. The number of thiocarbonyl (C=S) groups is 1. The number of primary sulfonamides is 1. The number of esters is 1. The van der Waals surface area contributed by atoms with Crippen LogP contribution < -0.4 is 15.4 Å². The molecular weight excluding hydrogens is 468 g/mol. The number of amides is 2. The lowest BCUT2D eigenvalue weighted by Gasteiger charge is -2.29. The Labute approximate surface area is 196 Å². The van der Waals surface area contributed by atoms with E-state index in [4.69, 9.17) is 17.4 Å². The van der Waals surface area contributed by atoms with Crippen LogP contribution in [0.2, 0.25) is 0 Å². The summed E-state index contributed by atoms with van der Waals surface area (Å²) in [6.07, 6.45) is -0.103. The Morgan fingerprint density at radius 1 is 1.18 bits per heavy atom. The molecule has 174 valence electrons. The standard InChI is InChI=1S/C21H22N4O6S2/c1-23-21(32)24(12-13-3-9-16(10-4-13)33(22,29)30)17-11-18(26)25(19(17)27)15-7-5-14(6-8-15)20(28)31-2/h3-10,17H,11-12H2,1-2H3,(H,23,32)(H2,22,29,30). The number of hydrogen-bond acceptors (Lipinski definition) is 7. The average Bonchev–Trinajstić information content (AvgIpc) is 3.09. The molecule has 0 aliphatic carbocycles. The van der Waals surface area contributed by atoms with Crippen LogP contribution in [0.4, 0.5) is 5.69 Å². The summed E-state index contributed by atoms with van der Waals surface area (Å²) in [5.41, 5.74) is 1.28. The van der Waals surface area contributed by atoms with Gasteiger partial charge in [-0.1, -0.05) is 12.1 Å². The number of imide groups is 1. The Bertz CT molecular complexity index is 1200. The van der Waals surface area contributed by atoms with Gasteiger partial charge in [0.05, 0.1) is 29.7 Å². The summed E-state index contributed by atoms with van der Waals surface area (Å²) in [6, 6.07) is 10.9. The summed E-state index contributed by atoms with van der Waals surface area (Å²) in [4.78, 5) is 40.2. The van der Waals surface area contributed by atoms with Crippen molar-refractivity contribution in [3.8, 4) is 0 Å². The van der Waals surface area contributed by atoms with Crippen molar-refractivity contribution in [2.45, 2.75) is 23.9 Å². The Morgan fingerprint density at radius 2 is 1.79 bits per heavy atom. The predicted octanol–water partition coefficient (Wildman–Crippen LogP) is 0.759. The number of sulfonamides is 1. The maximum Gasteiger partial charge on any atom is 0.337 e. The lowest BCUT2D eigenvalue weighted by Crippen LogP contribution is -2.48. The molecular formula is C21H22N4O6S2. The number of nitrogens with one attached hydrogen (secondary N) is 1. The molecule has 1 aliphatic heterocycles. The zero-order valence-corrected chi connectivity index (χ0v) is 19.5. The van der Waals surface area contributed by atoms with E-state index >= 15 is 0 Å². The van der Waals surface area contributed by atoms with Crippen molar-refractivity contribution in [3.05, 3.63) is 59.7 Å². The third kappa shape index (κ3) is 5.18. The molecule has 1 heterocycles. The van der Waals surface area contributed by atoms with E-state index in [9.17, 15) is 22.8 Å². The van der Waals surface area contributed by atoms with Gasteiger partial charge in [-0.2, -0.15) is 0 Å². The number of carbonyl (C=O) groups excluding carboxylic acids is 3. The normalized spacial score (nSPS) is 16.0. The van der Waals surface area contributed by atoms with Crippen molar-refractivity contribution in [1.29, 1.82) is 0 Å². The van der Waals surface area contributed by atoms with E-state index in [-0.39, 0.29) is 28.5 Å². The number of nitrogens with zero attached hydrogens (tertiary/aromatic N) is 2. The van der Waals surface area contributed by atoms with Crippen molar-refractivity contribution < 1.29 is 27.5 Å². The van der Waals surface area contributed by atoms with Crippen LogP contribution in [0.25, 0.3) is 0 Å². The molecule has 0 spiro atoms. The first-order valence-electron chi connectivity index (χ1n) is 9.72. The van der Waals surface area contributed by atoms with E-state index < -0.39 is 33.8 Å². The van der Waals surface area contributed by atoms with Crippen molar-refractivity contribution in [3.63, 3.8) is 0 Å². The van der Waals surface area contributed by atoms with E-state index in [2.05, 4.69) is 10.1 Å². The maximum absolute atomic E-state index is 13.2. The second-order valence-corrected chi connectivity index (χ2v) is 9.15. The average molecular weight is 491 g/mol. The minimum Gasteiger partial charge on any atom is -0.465 e. The molecule has 2 aromatic rings.